The molecule has 1 aromatic carbocycles. The molecule has 5 N–H and O–H groups in total. The van der Waals surface area contributed by atoms with Gasteiger partial charge in [-0.05, 0) is 43.9 Å². The molecule has 9 nitrogen and oxygen atoms in total. The molecule has 2 rings (SSSR count). The number of nitrogens with zero attached hydrogens (tertiary/aromatic N) is 2. The summed E-state index contributed by atoms with van der Waals surface area (Å²) in [6, 6.07) is 7.80. The van der Waals surface area contributed by atoms with Crippen molar-refractivity contribution in [2.24, 2.45) is 10.7 Å². The average molecular weight is 560 g/mol. The molecular formula is C22H37IN6O3. The van der Waals surface area contributed by atoms with Crippen LogP contribution in [0.5, 0.6) is 5.75 Å². The summed E-state index contributed by atoms with van der Waals surface area (Å²) in [5.41, 5.74) is 6.10. The van der Waals surface area contributed by atoms with Crippen LogP contribution in [-0.4, -0.2) is 68.0 Å². The second-order valence-electron chi connectivity index (χ2n) is 7.64. The number of nitrogens with two attached hydrogens (primary N) is 1. The number of guanidine groups is 1. The molecule has 0 atom stereocenters. The SMILES string of the molecule is CCCNC(=O)CN1CCC(NC(=NCc2cccc(OCC(N)=O)c2)NCC)CC1.I. The lowest BCUT2D eigenvalue weighted by molar-refractivity contribution is -0.122. The minimum atomic E-state index is -0.505. The number of ether oxygens (including phenoxy) is 1. The zero-order valence-electron chi connectivity index (χ0n) is 19.1. The third kappa shape index (κ3) is 11.0. The highest BCUT2D eigenvalue weighted by Crippen LogP contribution is 2.14. The van der Waals surface area contributed by atoms with Gasteiger partial charge in [0.1, 0.15) is 5.75 Å². The van der Waals surface area contributed by atoms with E-state index in [1.807, 2.05) is 25.1 Å². The molecule has 0 aliphatic carbocycles. The van der Waals surface area contributed by atoms with Gasteiger partial charge in [-0.1, -0.05) is 19.1 Å². The Hall–Kier alpha value is -2.08. The van der Waals surface area contributed by atoms with Crippen molar-refractivity contribution in [1.82, 2.24) is 20.9 Å². The van der Waals surface area contributed by atoms with Crippen LogP contribution in [0, 0.1) is 0 Å². The number of benzene rings is 1. The number of nitrogens with one attached hydrogen (secondary N) is 3. The average Bonchev–Trinajstić information content (AvgIpc) is 2.76. The largest absolute Gasteiger partial charge is 0.484 e. The number of likely N-dealkylation sites (tertiary alicyclic amines) is 1. The Kier molecular flexibility index (Phi) is 13.7. The molecule has 10 heteroatoms. The molecule has 1 aliphatic rings. The van der Waals surface area contributed by atoms with Crippen LogP contribution in [0.1, 0.15) is 38.7 Å². The number of rotatable bonds is 11. The van der Waals surface area contributed by atoms with Crippen molar-refractivity contribution in [3.05, 3.63) is 29.8 Å². The number of primary amides is 1. The molecule has 0 unspecified atom stereocenters. The molecule has 1 saturated heterocycles. The number of hydrogen-bond donors (Lipinski definition) is 4. The maximum absolute atomic E-state index is 11.9. The second-order valence-corrected chi connectivity index (χ2v) is 7.64. The number of piperidine rings is 1. The molecule has 1 aromatic rings. The van der Waals surface area contributed by atoms with Crippen LogP contribution in [0.15, 0.2) is 29.3 Å². The van der Waals surface area contributed by atoms with E-state index in [-0.39, 0.29) is 36.5 Å². The maximum atomic E-state index is 11.9. The van der Waals surface area contributed by atoms with Gasteiger partial charge in [0.05, 0.1) is 13.1 Å². The van der Waals surface area contributed by atoms with Crippen molar-refractivity contribution in [2.45, 2.75) is 45.7 Å². The van der Waals surface area contributed by atoms with Gasteiger partial charge in [-0.25, -0.2) is 4.99 Å². The zero-order chi connectivity index (χ0) is 22.5. The van der Waals surface area contributed by atoms with Crippen LogP contribution < -0.4 is 26.4 Å². The Morgan fingerprint density at radius 1 is 1.22 bits per heavy atom. The van der Waals surface area contributed by atoms with E-state index in [1.165, 1.54) is 0 Å². The Morgan fingerprint density at radius 3 is 2.62 bits per heavy atom. The molecule has 1 fully saturated rings. The molecule has 180 valence electrons. The van der Waals surface area contributed by atoms with Crippen LogP contribution in [-0.2, 0) is 16.1 Å². The van der Waals surface area contributed by atoms with Gasteiger partial charge in [-0.15, -0.1) is 24.0 Å². The van der Waals surface area contributed by atoms with Gasteiger partial charge in [-0.2, -0.15) is 0 Å². The molecule has 0 saturated carbocycles. The molecule has 32 heavy (non-hydrogen) atoms. The summed E-state index contributed by atoms with van der Waals surface area (Å²) >= 11 is 0. The zero-order valence-corrected chi connectivity index (χ0v) is 21.4. The maximum Gasteiger partial charge on any atom is 0.255 e. The van der Waals surface area contributed by atoms with Gasteiger partial charge in [0, 0.05) is 32.2 Å². The first-order chi connectivity index (χ1) is 15.0. The van der Waals surface area contributed by atoms with Crippen molar-refractivity contribution in [3.63, 3.8) is 0 Å². The van der Waals surface area contributed by atoms with E-state index >= 15 is 0 Å². The predicted octanol–water partition coefficient (Wildman–Crippen LogP) is 1.21. The van der Waals surface area contributed by atoms with E-state index in [4.69, 9.17) is 10.5 Å². The Balaban J connectivity index is 0.00000512. The lowest BCUT2D eigenvalue weighted by Gasteiger charge is -2.32. The molecule has 0 bridgehead atoms. The first-order valence-corrected chi connectivity index (χ1v) is 11.0. The van der Waals surface area contributed by atoms with Crippen molar-refractivity contribution in [3.8, 4) is 5.75 Å². The Morgan fingerprint density at radius 2 is 1.97 bits per heavy atom. The number of amides is 2. The van der Waals surface area contributed by atoms with Gasteiger partial charge in [-0.3, -0.25) is 14.5 Å². The fourth-order valence-corrected chi connectivity index (χ4v) is 3.33. The quantitative estimate of drug-likeness (QED) is 0.184. The van der Waals surface area contributed by atoms with Crippen LogP contribution in [0.3, 0.4) is 0 Å². The van der Waals surface area contributed by atoms with Crippen LogP contribution in [0.4, 0.5) is 0 Å². The van der Waals surface area contributed by atoms with Crippen LogP contribution in [0.2, 0.25) is 0 Å². The van der Waals surface area contributed by atoms with E-state index in [1.54, 1.807) is 6.07 Å². The smallest absolute Gasteiger partial charge is 0.255 e. The first-order valence-electron chi connectivity index (χ1n) is 11.0. The molecule has 0 radical (unpaired) electrons. The molecule has 2 amide bonds. The van der Waals surface area contributed by atoms with Crippen LogP contribution in [0.25, 0.3) is 0 Å². The fraction of sp³-hybridized carbons (Fsp3) is 0.591. The molecule has 0 spiro atoms. The number of carbonyl (C=O) groups excluding carboxylic acids is 2. The molecule has 1 aliphatic heterocycles. The van der Waals surface area contributed by atoms with Crippen LogP contribution >= 0.6 is 24.0 Å². The summed E-state index contributed by atoms with van der Waals surface area (Å²) in [5.74, 6) is 0.963. The van der Waals surface area contributed by atoms with E-state index in [9.17, 15) is 9.59 Å². The highest BCUT2D eigenvalue weighted by molar-refractivity contribution is 14.0. The minimum absolute atomic E-state index is 0. The summed E-state index contributed by atoms with van der Waals surface area (Å²) in [6.45, 7) is 8.17. The molecular weight excluding hydrogens is 523 g/mol. The monoisotopic (exact) mass is 560 g/mol. The third-order valence-electron chi connectivity index (χ3n) is 4.91. The topological polar surface area (TPSA) is 121 Å². The fourth-order valence-electron chi connectivity index (χ4n) is 3.33. The van der Waals surface area contributed by atoms with Gasteiger partial charge in [0.15, 0.2) is 12.6 Å². The Labute approximate surface area is 207 Å². The van der Waals surface area contributed by atoms with Crippen molar-refractivity contribution in [2.75, 3.05) is 39.3 Å². The van der Waals surface area contributed by atoms with Gasteiger partial charge >= 0.3 is 0 Å². The summed E-state index contributed by atoms with van der Waals surface area (Å²) < 4.78 is 5.36. The summed E-state index contributed by atoms with van der Waals surface area (Å²) in [5, 5.41) is 9.73. The number of aliphatic imine (C=N–C) groups is 1. The third-order valence-corrected chi connectivity index (χ3v) is 4.91. The minimum Gasteiger partial charge on any atom is -0.484 e. The second kappa shape index (κ2) is 15.7. The summed E-state index contributed by atoms with van der Waals surface area (Å²) in [4.78, 5) is 29.7. The highest BCUT2D eigenvalue weighted by atomic mass is 127. The first kappa shape index (κ1) is 28.0. The van der Waals surface area contributed by atoms with E-state index in [0.29, 0.717) is 24.9 Å². The van der Waals surface area contributed by atoms with Crippen molar-refractivity contribution >= 4 is 41.8 Å². The lowest BCUT2D eigenvalue weighted by Crippen LogP contribution is -2.50. The van der Waals surface area contributed by atoms with Crippen molar-refractivity contribution < 1.29 is 14.3 Å². The molecule has 0 aromatic heterocycles. The van der Waals surface area contributed by atoms with E-state index in [0.717, 1.165) is 57.0 Å². The summed E-state index contributed by atoms with van der Waals surface area (Å²) in [7, 11) is 0. The van der Waals surface area contributed by atoms with Gasteiger partial charge in [0.25, 0.3) is 5.91 Å². The number of hydrogen-bond acceptors (Lipinski definition) is 5. The van der Waals surface area contributed by atoms with E-state index < -0.39 is 5.91 Å². The number of carbonyl (C=O) groups is 2. The van der Waals surface area contributed by atoms with Gasteiger partial charge < -0.3 is 26.4 Å². The van der Waals surface area contributed by atoms with Crippen molar-refractivity contribution in [1.29, 1.82) is 0 Å². The highest BCUT2D eigenvalue weighted by Gasteiger charge is 2.21. The number of halogens is 1. The lowest BCUT2D eigenvalue weighted by atomic mass is 10.1. The predicted molar refractivity (Wildman–Crippen MR) is 137 cm³/mol. The normalized spacial score (nSPS) is 14.9. The summed E-state index contributed by atoms with van der Waals surface area (Å²) in [6.07, 6.45) is 2.87. The van der Waals surface area contributed by atoms with E-state index in [2.05, 4.69) is 32.8 Å². The standard InChI is InChI=1S/C22H36N6O3.HI/c1-3-10-25-21(30)15-28-11-8-18(9-12-28)27-22(24-4-2)26-14-17-6-5-7-19(13-17)31-16-20(23)29;/h5-7,13,18H,3-4,8-12,14-16H2,1-2H3,(H2,23,29)(H,25,30)(H2,24,26,27);1H. The Bertz CT molecular complexity index is 738. The molecule has 1 heterocycles. The van der Waals surface area contributed by atoms with Gasteiger partial charge in [0.2, 0.25) is 5.91 Å².